The van der Waals surface area contributed by atoms with Gasteiger partial charge < -0.3 is 10.2 Å². The molecule has 2 heterocycles. The van der Waals surface area contributed by atoms with Crippen LogP contribution >= 0.6 is 0 Å². The van der Waals surface area contributed by atoms with Crippen LogP contribution < -0.4 is 5.32 Å². The van der Waals surface area contributed by atoms with Gasteiger partial charge in [-0.25, -0.2) is 13.6 Å². The molecule has 0 aromatic heterocycles. The smallest absolute Gasteiger partial charge is 0.325 e. The van der Waals surface area contributed by atoms with Crippen LogP contribution in [0.2, 0.25) is 0 Å². The quantitative estimate of drug-likeness (QED) is 0.787. The molecule has 0 radical (unpaired) electrons. The molecule has 1 aromatic carbocycles. The maximum Gasteiger partial charge on any atom is 0.325 e. The van der Waals surface area contributed by atoms with Gasteiger partial charge in [0.15, 0.2) is 0 Å². The summed E-state index contributed by atoms with van der Waals surface area (Å²) in [4.78, 5) is 40.7. The number of imide groups is 1. The maximum atomic E-state index is 14.2. The molecule has 2 aliphatic heterocycles. The first kappa shape index (κ1) is 19.8. The van der Waals surface area contributed by atoms with Gasteiger partial charge in [0, 0.05) is 18.7 Å². The average molecular weight is 405 g/mol. The number of nitrogens with zero attached hydrogens (tertiary/aromatic N) is 2. The molecule has 1 aromatic rings. The van der Waals surface area contributed by atoms with E-state index >= 15 is 0 Å². The Bertz CT molecular complexity index is 862. The van der Waals surface area contributed by atoms with Crippen LogP contribution in [0.4, 0.5) is 13.6 Å². The highest BCUT2D eigenvalue weighted by molar-refractivity contribution is 6.09. The SMILES string of the molecule is C[C@@]1(c2cc(F)ccc2F)NC(=O)N(CC(=O)N2CC[C@H]3CCCC[C@@H]3C2)C1=O. The van der Waals surface area contributed by atoms with E-state index in [-0.39, 0.29) is 11.5 Å². The Balaban J connectivity index is 1.48. The van der Waals surface area contributed by atoms with Crippen LogP contribution in [0.15, 0.2) is 18.2 Å². The van der Waals surface area contributed by atoms with Crippen molar-refractivity contribution >= 4 is 17.8 Å². The second-order valence-corrected chi connectivity index (χ2v) is 8.50. The highest BCUT2D eigenvalue weighted by atomic mass is 19.1. The summed E-state index contributed by atoms with van der Waals surface area (Å²) in [7, 11) is 0. The highest BCUT2D eigenvalue weighted by Gasteiger charge is 2.51. The Morgan fingerprint density at radius 2 is 1.90 bits per heavy atom. The molecule has 2 saturated heterocycles. The van der Waals surface area contributed by atoms with Crippen molar-refractivity contribution in [3.05, 3.63) is 35.4 Å². The van der Waals surface area contributed by atoms with Crippen LogP contribution in [0.25, 0.3) is 0 Å². The van der Waals surface area contributed by atoms with E-state index in [1.54, 1.807) is 4.90 Å². The second kappa shape index (κ2) is 7.39. The van der Waals surface area contributed by atoms with E-state index in [0.717, 1.165) is 35.9 Å². The van der Waals surface area contributed by atoms with Crippen molar-refractivity contribution in [2.75, 3.05) is 19.6 Å². The number of likely N-dealkylation sites (tertiary alicyclic amines) is 1. The number of piperidine rings is 1. The largest absolute Gasteiger partial charge is 0.341 e. The Hall–Kier alpha value is -2.51. The van der Waals surface area contributed by atoms with Gasteiger partial charge in [-0.1, -0.05) is 19.3 Å². The summed E-state index contributed by atoms with van der Waals surface area (Å²) in [6.45, 7) is 2.21. The third kappa shape index (κ3) is 3.49. The minimum absolute atomic E-state index is 0.256. The van der Waals surface area contributed by atoms with E-state index in [1.165, 1.54) is 26.2 Å². The lowest BCUT2D eigenvalue weighted by atomic mass is 9.75. The fraction of sp³-hybridized carbons (Fsp3) is 0.571. The molecule has 6 nitrogen and oxygen atoms in total. The van der Waals surface area contributed by atoms with Gasteiger partial charge in [0.2, 0.25) is 5.91 Å². The Kier molecular flexibility index (Phi) is 5.04. The summed E-state index contributed by atoms with van der Waals surface area (Å²) in [6, 6.07) is 1.98. The molecule has 1 N–H and O–H groups in total. The number of hydrogen-bond acceptors (Lipinski definition) is 3. The number of urea groups is 1. The molecular weight excluding hydrogens is 380 g/mol. The standard InChI is InChI=1S/C21H25F2N3O3/c1-21(16-10-15(22)6-7-17(16)23)19(28)26(20(29)24-21)12-18(27)25-9-8-13-4-2-3-5-14(13)11-25/h6-7,10,13-14H,2-5,8-9,11-12H2,1H3,(H,24,29)/t13-,14-,21+/m1/s1. The minimum Gasteiger partial charge on any atom is -0.341 e. The molecule has 0 bridgehead atoms. The van der Waals surface area contributed by atoms with E-state index in [1.807, 2.05) is 0 Å². The molecule has 3 atom stereocenters. The summed E-state index contributed by atoms with van der Waals surface area (Å²) in [5.41, 5.74) is -2.01. The van der Waals surface area contributed by atoms with E-state index in [0.29, 0.717) is 24.9 Å². The zero-order chi connectivity index (χ0) is 20.8. The van der Waals surface area contributed by atoms with Crippen molar-refractivity contribution < 1.29 is 23.2 Å². The summed E-state index contributed by atoms with van der Waals surface area (Å²) >= 11 is 0. The summed E-state index contributed by atoms with van der Waals surface area (Å²) < 4.78 is 27.9. The summed E-state index contributed by atoms with van der Waals surface area (Å²) in [5, 5.41) is 2.43. The van der Waals surface area contributed by atoms with Gasteiger partial charge in [-0.3, -0.25) is 14.5 Å². The first-order valence-corrected chi connectivity index (χ1v) is 10.2. The molecule has 29 heavy (non-hydrogen) atoms. The molecular formula is C21H25F2N3O3. The monoisotopic (exact) mass is 405 g/mol. The van der Waals surface area contributed by atoms with Crippen molar-refractivity contribution in [2.45, 2.75) is 44.6 Å². The Morgan fingerprint density at radius 1 is 1.17 bits per heavy atom. The molecule has 3 fully saturated rings. The van der Waals surface area contributed by atoms with Crippen LogP contribution in [-0.4, -0.2) is 47.3 Å². The molecule has 8 heteroatoms. The number of amides is 4. The van der Waals surface area contributed by atoms with Crippen LogP contribution in [-0.2, 0) is 15.1 Å². The predicted octanol–water partition coefficient (Wildman–Crippen LogP) is 2.77. The number of halogens is 2. The fourth-order valence-corrected chi connectivity index (χ4v) is 4.97. The summed E-state index contributed by atoms with van der Waals surface area (Å²) in [6.07, 6.45) is 5.68. The Labute approximate surface area is 168 Å². The number of hydrogen-bond donors (Lipinski definition) is 1. The third-order valence-corrected chi connectivity index (χ3v) is 6.68. The highest BCUT2D eigenvalue weighted by Crippen LogP contribution is 2.36. The number of benzene rings is 1. The van der Waals surface area contributed by atoms with E-state index in [2.05, 4.69) is 5.32 Å². The van der Waals surface area contributed by atoms with Crippen LogP contribution in [0, 0.1) is 23.5 Å². The van der Waals surface area contributed by atoms with Crippen molar-refractivity contribution in [1.29, 1.82) is 0 Å². The minimum atomic E-state index is -1.75. The van der Waals surface area contributed by atoms with Crippen LogP contribution in [0.1, 0.15) is 44.6 Å². The zero-order valence-corrected chi connectivity index (χ0v) is 16.4. The second-order valence-electron chi connectivity index (χ2n) is 8.50. The molecule has 156 valence electrons. The lowest BCUT2D eigenvalue weighted by molar-refractivity contribution is -0.140. The Morgan fingerprint density at radius 3 is 2.66 bits per heavy atom. The lowest BCUT2D eigenvalue weighted by Gasteiger charge is -2.41. The lowest BCUT2D eigenvalue weighted by Crippen LogP contribution is -2.49. The maximum absolute atomic E-state index is 14.2. The van der Waals surface area contributed by atoms with Crippen molar-refractivity contribution in [2.24, 2.45) is 11.8 Å². The third-order valence-electron chi connectivity index (χ3n) is 6.68. The molecule has 4 amide bonds. The van der Waals surface area contributed by atoms with Gasteiger partial charge in [0.05, 0.1) is 0 Å². The van der Waals surface area contributed by atoms with Gasteiger partial charge in [0.1, 0.15) is 23.7 Å². The molecule has 0 unspecified atom stereocenters. The molecule has 1 aliphatic carbocycles. The fourth-order valence-electron chi connectivity index (χ4n) is 4.97. The number of fused-ring (bicyclic) bond motifs is 1. The molecule has 4 rings (SSSR count). The number of carbonyl (C=O) groups excluding carboxylic acids is 3. The predicted molar refractivity (Wildman–Crippen MR) is 101 cm³/mol. The van der Waals surface area contributed by atoms with Crippen LogP contribution in [0.5, 0.6) is 0 Å². The first-order valence-electron chi connectivity index (χ1n) is 10.2. The van der Waals surface area contributed by atoms with Crippen molar-refractivity contribution in [3.8, 4) is 0 Å². The van der Waals surface area contributed by atoms with Crippen molar-refractivity contribution in [3.63, 3.8) is 0 Å². The average Bonchev–Trinajstić information content (AvgIpc) is 2.93. The number of rotatable bonds is 3. The van der Waals surface area contributed by atoms with E-state index in [4.69, 9.17) is 0 Å². The van der Waals surface area contributed by atoms with Gasteiger partial charge in [-0.05, 0) is 49.8 Å². The van der Waals surface area contributed by atoms with E-state index < -0.39 is 35.7 Å². The number of nitrogens with one attached hydrogen (secondary N) is 1. The van der Waals surface area contributed by atoms with E-state index in [9.17, 15) is 23.2 Å². The topological polar surface area (TPSA) is 69.7 Å². The summed E-state index contributed by atoms with van der Waals surface area (Å²) in [5.74, 6) is -1.42. The van der Waals surface area contributed by atoms with Gasteiger partial charge >= 0.3 is 6.03 Å². The first-order chi connectivity index (χ1) is 13.8. The normalized spacial score (nSPS) is 29.6. The molecule has 1 saturated carbocycles. The molecule has 0 spiro atoms. The molecule has 3 aliphatic rings. The van der Waals surface area contributed by atoms with Gasteiger partial charge in [0.25, 0.3) is 5.91 Å². The van der Waals surface area contributed by atoms with Crippen molar-refractivity contribution in [1.82, 2.24) is 15.1 Å². The van der Waals surface area contributed by atoms with Gasteiger partial charge in [-0.15, -0.1) is 0 Å². The van der Waals surface area contributed by atoms with Crippen LogP contribution in [0.3, 0.4) is 0 Å². The zero-order valence-electron chi connectivity index (χ0n) is 16.4. The van der Waals surface area contributed by atoms with Gasteiger partial charge in [-0.2, -0.15) is 0 Å². The number of carbonyl (C=O) groups is 3.